The van der Waals surface area contributed by atoms with Crippen LogP contribution in [0.3, 0.4) is 0 Å². The van der Waals surface area contributed by atoms with Crippen LogP contribution in [0, 0.1) is 0 Å². The summed E-state index contributed by atoms with van der Waals surface area (Å²) in [5.74, 6) is 2.85. The highest BCUT2D eigenvalue weighted by Gasteiger charge is 2.20. The lowest BCUT2D eigenvalue weighted by Gasteiger charge is -2.26. The standard InChI is InChI=1S/C19H18N6O3/c20-19-22-9-12(18-23-17(24-25(18)19)16-6-3-7-26-16)8-21-10-13-11-27-14-4-1-2-5-15(14)28-13/h1-7,9,13,21H,8,10-11H2,(H2,20,22). The molecule has 0 spiro atoms. The van der Waals surface area contributed by atoms with E-state index >= 15 is 0 Å². The Bertz CT molecular complexity index is 1110. The molecular formula is C19H18N6O3. The second kappa shape index (κ2) is 6.86. The number of nitrogens with two attached hydrogens (primary N) is 1. The lowest BCUT2D eigenvalue weighted by atomic mass is 10.2. The normalized spacial score (nSPS) is 15.8. The number of rotatable bonds is 5. The van der Waals surface area contributed by atoms with Crippen molar-refractivity contribution in [2.45, 2.75) is 12.6 Å². The summed E-state index contributed by atoms with van der Waals surface area (Å²) in [4.78, 5) is 8.76. The molecule has 9 heteroatoms. The molecule has 0 saturated carbocycles. The molecule has 28 heavy (non-hydrogen) atoms. The monoisotopic (exact) mass is 378 g/mol. The molecule has 1 unspecified atom stereocenters. The number of hydrogen-bond acceptors (Lipinski definition) is 8. The quantitative estimate of drug-likeness (QED) is 0.541. The van der Waals surface area contributed by atoms with Crippen LogP contribution in [0.4, 0.5) is 5.95 Å². The Morgan fingerprint density at radius 1 is 1.18 bits per heavy atom. The van der Waals surface area contributed by atoms with Gasteiger partial charge in [0.1, 0.15) is 12.7 Å². The van der Waals surface area contributed by atoms with Gasteiger partial charge in [-0.25, -0.2) is 9.97 Å². The summed E-state index contributed by atoms with van der Waals surface area (Å²) in [5.41, 5.74) is 7.45. The van der Waals surface area contributed by atoms with Crippen molar-refractivity contribution in [1.82, 2.24) is 24.9 Å². The average molecular weight is 378 g/mol. The molecule has 0 radical (unpaired) electrons. The molecule has 0 bridgehead atoms. The minimum absolute atomic E-state index is 0.0794. The van der Waals surface area contributed by atoms with Crippen LogP contribution in [0.1, 0.15) is 5.56 Å². The van der Waals surface area contributed by atoms with Crippen molar-refractivity contribution in [3.8, 4) is 23.1 Å². The van der Waals surface area contributed by atoms with Gasteiger partial charge in [0.25, 0.3) is 0 Å². The molecule has 4 aromatic rings. The molecule has 3 aromatic heterocycles. The lowest BCUT2D eigenvalue weighted by molar-refractivity contribution is 0.0902. The Hall–Kier alpha value is -3.59. The number of nitrogens with zero attached hydrogens (tertiary/aromatic N) is 4. The van der Waals surface area contributed by atoms with Crippen molar-refractivity contribution in [3.63, 3.8) is 0 Å². The molecule has 1 atom stereocenters. The maximum Gasteiger partial charge on any atom is 0.223 e. The maximum absolute atomic E-state index is 5.96. The summed E-state index contributed by atoms with van der Waals surface area (Å²) < 4.78 is 18.6. The molecule has 0 saturated heterocycles. The van der Waals surface area contributed by atoms with Gasteiger partial charge in [0.05, 0.1) is 6.26 Å². The zero-order valence-corrected chi connectivity index (χ0v) is 14.9. The van der Waals surface area contributed by atoms with Crippen LogP contribution in [0.25, 0.3) is 17.2 Å². The maximum atomic E-state index is 5.96. The molecule has 142 valence electrons. The third-order valence-electron chi connectivity index (χ3n) is 4.46. The number of aromatic nitrogens is 4. The van der Waals surface area contributed by atoms with E-state index in [1.807, 2.05) is 24.3 Å². The highest BCUT2D eigenvalue weighted by Crippen LogP contribution is 2.30. The number of fused-ring (bicyclic) bond motifs is 2. The van der Waals surface area contributed by atoms with Crippen molar-refractivity contribution in [2.24, 2.45) is 0 Å². The predicted molar refractivity (Wildman–Crippen MR) is 101 cm³/mol. The van der Waals surface area contributed by atoms with E-state index in [9.17, 15) is 0 Å². The minimum atomic E-state index is -0.0794. The van der Waals surface area contributed by atoms with Gasteiger partial charge < -0.3 is 24.9 Å². The highest BCUT2D eigenvalue weighted by atomic mass is 16.6. The number of ether oxygens (including phenoxy) is 2. The number of para-hydroxylation sites is 2. The molecule has 3 N–H and O–H groups in total. The Morgan fingerprint density at radius 2 is 2.07 bits per heavy atom. The van der Waals surface area contributed by atoms with E-state index < -0.39 is 0 Å². The fourth-order valence-corrected chi connectivity index (χ4v) is 3.10. The zero-order valence-electron chi connectivity index (χ0n) is 14.9. The third-order valence-corrected chi connectivity index (χ3v) is 4.46. The van der Waals surface area contributed by atoms with Gasteiger partial charge in [-0.3, -0.25) is 0 Å². The summed E-state index contributed by atoms with van der Waals surface area (Å²) in [6.07, 6.45) is 3.20. The van der Waals surface area contributed by atoms with Gasteiger partial charge in [0, 0.05) is 24.8 Å². The highest BCUT2D eigenvalue weighted by molar-refractivity contribution is 5.57. The summed E-state index contributed by atoms with van der Waals surface area (Å²) in [6, 6.07) is 11.2. The number of furan rings is 1. The lowest BCUT2D eigenvalue weighted by Crippen LogP contribution is -2.38. The van der Waals surface area contributed by atoms with E-state index in [4.69, 9.17) is 19.6 Å². The second-order valence-corrected chi connectivity index (χ2v) is 6.42. The third kappa shape index (κ3) is 3.01. The van der Waals surface area contributed by atoms with Gasteiger partial charge in [-0.2, -0.15) is 4.52 Å². The molecule has 4 heterocycles. The molecule has 1 aliphatic rings. The average Bonchev–Trinajstić information content (AvgIpc) is 3.40. The van der Waals surface area contributed by atoms with Gasteiger partial charge >= 0.3 is 0 Å². The van der Waals surface area contributed by atoms with E-state index in [1.54, 1.807) is 24.6 Å². The van der Waals surface area contributed by atoms with E-state index in [0.29, 0.717) is 36.9 Å². The van der Waals surface area contributed by atoms with E-state index in [-0.39, 0.29) is 12.1 Å². The first-order chi connectivity index (χ1) is 13.8. The fourth-order valence-electron chi connectivity index (χ4n) is 3.10. The predicted octanol–water partition coefficient (Wildman–Crippen LogP) is 1.90. The molecule has 0 aliphatic carbocycles. The smallest absolute Gasteiger partial charge is 0.223 e. The van der Waals surface area contributed by atoms with E-state index in [1.165, 1.54) is 4.52 Å². The Morgan fingerprint density at radius 3 is 2.93 bits per heavy atom. The van der Waals surface area contributed by atoms with Gasteiger partial charge in [-0.05, 0) is 24.3 Å². The molecule has 1 aliphatic heterocycles. The summed E-state index contributed by atoms with van der Waals surface area (Å²) in [5, 5.41) is 7.76. The molecule has 0 amide bonds. The molecule has 5 rings (SSSR count). The Labute approximate surface area is 160 Å². The van der Waals surface area contributed by atoms with Crippen molar-refractivity contribution in [1.29, 1.82) is 0 Å². The van der Waals surface area contributed by atoms with E-state index in [0.717, 1.165) is 17.1 Å². The van der Waals surface area contributed by atoms with Gasteiger partial charge in [0.2, 0.25) is 11.8 Å². The number of nitrogens with one attached hydrogen (secondary N) is 1. The first-order valence-electron chi connectivity index (χ1n) is 8.91. The number of nitrogen functional groups attached to an aromatic ring is 1. The summed E-state index contributed by atoms with van der Waals surface area (Å²) in [6.45, 7) is 1.64. The molecular weight excluding hydrogens is 360 g/mol. The minimum Gasteiger partial charge on any atom is -0.486 e. The van der Waals surface area contributed by atoms with Crippen LogP contribution < -0.4 is 20.5 Å². The number of benzene rings is 1. The van der Waals surface area contributed by atoms with Crippen LogP contribution in [0.15, 0.2) is 53.3 Å². The van der Waals surface area contributed by atoms with Crippen LogP contribution in [0.5, 0.6) is 11.5 Å². The number of anilines is 1. The van der Waals surface area contributed by atoms with Crippen LogP contribution in [0.2, 0.25) is 0 Å². The zero-order chi connectivity index (χ0) is 18.9. The first kappa shape index (κ1) is 16.6. The van der Waals surface area contributed by atoms with Crippen molar-refractivity contribution in [3.05, 3.63) is 54.4 Å². The van der Waals surface area contributed by atoms with Crippen LogP contribution in [-0.2, 0) is 6.54 Å². The molecule has 0 fully saturated rings. The van der Waals surface area contributed by atoms with Crippen LogP contribution in [-0.4, -0.2) is 38.8 Å². The second-order valence-electron chi connectivity index (χ2n) is 6.42. The van der Waals surface area contributed by atoms with Crippen molar-refractivity contribution in [2.75, 3.05) is 18.9 Å². The van der Waals surface area contributed by atoms with Gasteiger partial charge in [-0.1, -0.05) is 12.1 Å². The number of hydrogen-bond donors (Lipinski definition) is 2. The molecule has 9 nitrogen and oxygen atoms in total. The van der Waals surface area contributed by atoms with Gasteiger partial charge in [-0.15, -0.1) is 5.10 Å². The Kier molecular flexibility index (Phi) is 4.06. The largest absolute Gasteiger partial charge is 0.486 e. The van der Waals surface area contributed by atoms with Crippen molar-refractivity contribution >= 4 is 11.6 Å². The molecule has 1 aromatic carbocycles. The Balaban J connectivity index is 1.30. The first-order valence-corrected chi connectivity index (χ1v) is 8.91. The summed E-state index contributed by atoms with van der Waals surface area (Å²) >= 11 is 0. The van der Waals surface area contributed by atoms with E-state index in [2.05, 4.69) is 20.4 Å². The van der Waals surface area contributed by atoms with Gasteiger partial charge in [0.15, 0.2) is 22.9 Å². The van der Waals surface area contributed by atoms with Crippen molar-refractivity contribution < 1.29 is 13.9 Å². The SMILES string of the molecule is Nc1ncc(CNCC2COc3ccccc3O2)c2nc(-c3ccco3)nn12. The summed E-state index contributed by atoms with van der Waals surface area (Å²) in [7, 11) is 0. The van der Waals surface area contributed by atoms with Crippen LogP contribution >= 0.6 is 0 Å². The topological polar surface area (TPSA) is 113 Å². The fraction of sp³-hybridized carbons (Fsp3) is 0.211.